The third kappa shape index (κ3) is 3.36. The van der Waals surface area contributed by atoms with Gasteiger partial charge in [-0.05, 0) is 29.8 Å². The van der Waals surface area contributed by atoms with Crippen LogP contribution in [-0.4, -0.2) is 0 Å². The van der Waals surface area contributed by atoms with Crippen LogP contribution in [0.15, 0.2) is 57.9 Å². The highest BCUT2D eigenvalue weighted by molar-refractivity contribution is 9.10. The van der Waals surface area contributed by atoms with E-state index in [4.69, 9.17) is 5.26 Å². The molecular weight excluding hydrogens is 294 g/mol. The van der Waals surface area contributed by atoms with Crippen LogP contribution in [0.5, 0.6) is 0 Å². The first-order valence-electron chi connectivity index (χ1n) is 5.16. The topological polar surface area (TPSA) is 23.8 Å². The lowest BCUT2D eigenvalue weighted by Crippen LogP contribution is -1.86. The van der Waals surface area contributed by atoms with Gasteiger partial charge in [-0.15, -0.1) is 11.8 Å². The van der Waals surface area contributed by atoms with E-state index in [9.17, 15) is 0 Å². The lowest BCUT2D eigenvalue weighted by molar-refractivity contribution is 1.34. The highest BCUT2D eigenvalue weighted by atomic mass is 79.9. The van der Waals surface area contributed by atoms with Crippen molar-refractivity contribution in [3.63, 3.8) is 0 Å². The zero-order valence-electron chi connectivity index (χ0n) is 9.06. The number of hydrogen-bond donors (Lipinski definition) is 0. The van der Waals surface area contributed by atoms with Crippen molar-refractivity contribution in [3.8, 4) is 6.07 Å². The van der Waals surface area contributed by atoms with Gasteiger partial charge in [-0.25, -0.2) is 0 Å². The first-order valence-corrected chi connectivity index (χ1v) is 6.94. The highest BCUT2D eigenvalue weighted by Crippen LogP contribution is 2.26. The second kappa shape index (κ2) is 5.90. The Kier molecular flexibility index (Phi) is 4.24. The Balaban J connectivity index is 2.10. The molecule has 84 valence electrons. The van der Waals surface area contributed by atoms with Crippen LogP contribution in [0.3, 0.4) is 0 Å². The van der Waals surface area contributed by atoms with Gasteiger partial charge in [-0.2, -0.15) is 5.26 Å². The van der Waals surface area contributed by atoms with Gasteiger partial charge in [-0.3, -0.25) is 0 Å². The first kappa shape index (κ1) is 12.2. The van der Waals surface area contributed by atoms with Crippen molar-refractivity contribution in [2.45, 2.75) is 10.6 Å². The van der Waals surface area contributed by atoms with Crippen LogP contribution in [0.1, 0.15) is 11.1 Å². The van der Waals surface area contributed by atoms with Crippen LogP contribution < -0.4 is 0 Å². The third-order valence-corrected chi connectivity index (χ3v) is 3.86. The maximum atomic E-state index is 8.99. The SMILES string of the molecule is N#Cc1ccccc1CSc1cccc(Br)c1. The number of nitriles is 1. The Morgan fingerprint density at radius 1 is 1.12 bits per heavy atom. The molecule has 0 aliphatic carbocycles. The molecule has 0 radical (unpaired) electrons. The van der Waals surface area contributed by atoms with E-state index in [0.29, 0.717) is 0 Å². The van der Waals surface area contributed by atoms with E-state index >= 15 is 0 Å². The molecule has 2 aromatic carbocycles. The van der Waals surface area contributed by atoms with E-state index in [-0.39, 0.29) is 0 Å². The number of nitrogens with zero attached hydrogens (tertiary/aromatic N) is 1. The maximum Gasteiger partial charge on any atom is 0.0994 e. The number of halogens is 1. The molecule has 1 nitrogen and oxygen atoms in total. The molecule has 0 N–H and O–H groups in total. The maximum absolute atomic E-state index is 8.99. The number of rotatable bonds is 3. The molecular formula is C14H10BrNS. The van der Waals surface area contributed by atoms with Crippen LogP contribution in [-0.2, 0) is 5.75 Å². The molecule has 0 atom stereocenters. The molecule has 3 heteroatoms. The lowest BCUT2D eigenvalue weighted by Gasteiger charge is -2.04. The zero-order valence-corrected chi connectivity index (χ0v) is 11.5. The Labute approximate surface area is 114 Å². The van der Waals surface area contributed by atoms with Gasteiger partial charge >= 0.3 is 0 Å². The van der Waals surface area contributed by atoms with E-state index < -0.39 is 0 Å². The lowest BCUT2D eigenvalue weighted by atomic mass is 10.1. The third-order valence-electron chi connectivity index (χ3n) is 2.33. The average Bonchev–Trinajstić information content (AvgIpc) is 2.37. The fourth-order valence-corrected chi connectivity index (χ4v) is 2.98. The van der Waals surface area contributed by atoms with Gasteiger partial charge in [0.25, 0.3) is 0 Å². The van der Waals surface area contributed by atoms with Crippen LogP contribution >= 0.6 is 27.7 Å². The number of benzene rings is 2. The summed E-state index contributed by atoms with van der Waals surface area (Å²) in [6, 6.07) is 18.1. The fourth-order valence-electron chi connectivity index (χ4n) is 1.47. The summed E-state index contributed by atoms with van der Waals surface area (Å²) in [6.45, 7) is 0. The smallest absolute Gasteiger partial charge is 0.0994 e. The summed E-state index contributed by atoms with van der Waals surface area (Å²) in [4.78, 5) is 1.20. The van der Waals surface area contributed by atoms with E-state index in [1.54, 1.807) is 11.8 Å². The molecule has 0 saturated carbocycles. The summed E-state index contributed by atoms with van der Waals surface area (Å²) < 4.78 is 1.08. The van der Waals surface area contributed by atoms with Crippen molar-refractivity contribution in [2.75, 3.05) is 0 Å². The molecule has 17 heavy (non-hydrogen) atoms. The van der Waals surface area contributed by atoms with Crippen molar-refractivity contribution in [1.82, 2.24) is 0 Å². The summed E-state index contributed by atoms with van der Waals surface area (Å²) in [5.74, 6) is 0.820. The second-order valence-electron chi connectivity index (χ2n) is 3.52. The number of hydrogen-bond acceptors (Lipinski definition) is 2. The van der Waals surface area contributed by atoms with Crippen LogP contribution in [0.4, 0.5) is 0 Å². The van der Waals surface area contributed by atoms with Gasteiger partial charge < -0.3 is 0 Å². The van der Waals surface area contributed by atoms with E-state index in [1.807, 2.05) is 36.4 Å². The predicted molar refractivity (Wildman–Crippen MR) is 74.9 cm³/mol. The molecule has 0 unspecified atom stereocenters. The van der Waals surface area contributed by atoms with Crippen LogP contribution in [0.2, 0.25) is 0 Å². The van der Waals surface area contributed by atoms with Gasteiger partial charge in [0.05, 0.1) is 11.6 Å². The predicted octanol–water partition coefficient (Wildman–Crippen LogP) is 4.61. The molecule has 0 heterocycles. The monoisotopic (exact) mass is 303 g/mol. The fraction of sp³-hybridized carbons (Fsp3) is 0.0714. The molecule has 0 aliphatic heterocycles. The van der Waals surface area contributed by atoms with Crippen LogP contribution in [0, 0.1) is 11.3 Å². The van der Waals surface area contributed by atoms with E-state index in [0.717, 1.165) is 21.4 Å². The second-order valence-corrected chi connectivity index (χ2v) is 5.48. The normalized spacial score (nSPS) is 9.88. The number of thioether (sulfide) groups is 1. The van der Waals surface area contributed by atoms with E-state index in [2.05, 4.69) is 34.1 Å². The first-order chi connectivity index (χ1) is 8.29. The minimum Gasteiger partial charge on any atom is -0.192 e. The summed E-state index contributed by atoms with van der Waals surface area (Å²) in [5.41, 5.74) is 1.84. The summed E-state index contributed by atoms with van der Waals surface area (Å²) >= 11 is 5.19. The minimum absolute atomic E-state index is 0.759. The Bertz CT molecular complexity index is 560. The van der Waals surface area contributed by atoms with Gasteiger partial charge in [0, 0.05) is 15.1 Å². The standard InChI is InChI=1S/C14H10BrNS/c15-13-6-3-7-14(8-13)17-10-12-5-2-1-4-11(12)9-16/h1-8H,10H2. The Hall–Kier alpha value is -1.24. The summed E-state index contributed by atoms with van der Waals surface area (Å²) in [7, 11) is 0. The van der Waals surface area contributed by atoms with Crippen molar-refractivity contribution in [3.05, 3.63) is 64.1 Å². The molecule has 0 saturated heterocycles. The van der Waals surface area contributed by atoms with Crippen LogP contribution in [0.25, 0.3) is 0 Å². The molecule has 0 aromatic heterocycles. The summed E-state index contributed by atoms with van der Waals surface area (Å²) in [6.07, 6.45) is 0. The highest BCUT2D eigenvalue weighted by Gasteiger charge is 2.02. The Morgan fingerprint density at radius 2 is 1.94 bits per heavy atom. The van der Waals surface area contributed by atoms with Gasteiger partial charge in [0.15, 0.2) is 0 Å². The zero-order chi connectivity index (χ0) is 12.1. The van der Waals surface area contributed by atoms with Crippen molar-refractivity contribution in [2.24, 2.45) is 0 Å². The molecule has 0 aliphatic rings. The molecule has 0 amide bonds. The van der Waals surface area contributed by atoms with Gasteiger partial charge in [-0.1, -0.05) is 40.2 Å². The molecule has 2 aromatic rings. The van der Waals surface area contributed by atoms with Crippen molar-refractivity contribution < 1.29 is 0 Å². The molecule has 0 bridgehead atoms. The van der Waals surface area contributed by atoms with E-state index in [1.165, 1.54) is 4.90 Å². The Morgan fingerprint density at radius 3 is 2.71 bits per heavy atom. The van der Waals surface area contributed by atoms with Gasteiger partial charge in [0.2, 0.25) is 0 Å². The van der Waals surface area contributed by atoms with Crippen molar-refractivity contribution >= 4 is 27.7 Å². The average molecular weight is 304 g/mol. The van der Waals surface area contributed by atoms with Gasteiger partial charge in [0.1, 0.15) is 0 Å². The largest absolute Gasteiger partial charge is 0.192 e. The molecule has 0 fully saturated rings. The summed E-state index contributed by atoms with van der Waals surface area (Å²) in [5, 5.41) is 8.99. The minimum atomic E-state index is 0.759. The molecule has 2 rings (SSSR count). The molecule has 0 spiro atoms. The quantitative estimate of drug-likeness (QED) is 0.773. The van der Waals surface area contributed by atoms with Crippen molar-refractivity contribution in [1.29, 1.82) is 5.26 Å².